The lowest BCUT2D eigenvalue weighted by molar-refractivity contribution is 0.122. The van der Waals surface area contributed by atoms with Crippen LogP contribution in [-0.4, -0.2) is 31.3 Å². The number of anilines is 1. The number of morpholine rings is 1. The molecule has 19 heavy (non-hydrogen) atoms. The number of ether oxygens (including phenoxy) is 1. The minimum atomic E-state index is 0.403. The van der Waals surface area contributed by atoms with Gasteiger partial charge in [-0.05, 0) is 12.0 Å². The fourth-order valence-corrected chi connectivity index (χ4v) is 2.52. The summed E-state index contributed by atoms with van der Waals surface area (Å²) in [6, 6.07) is 4.29. The van der Waals surface area contributed by atoms with Crippen molar-refractivity contribution in [3.8, 4) is 12.1 Å². The third-order valence-corrected chi connectivity index (χ3v) is 3.51. The Morgan fingerprint density at radius 1 is 1.26 bits per heavy atom. The first-order valence-electron chi connectivity index (χ1n) is 6.15. The van der Waals surface area contributed by atoms with Crippen molar-refractivity contribution in [3.05, 3.63) is 21.3 Å². The largest absolute Gasteiger partial charge is 0.378 e. The lowest BCUT2D eigenvalue weighted by Crippen LogP contribution is -2.37. The zero-order chi connectivity index (χ0) is 13.8. The lowest BCUT2D eigenvalue weighted by atomic mass is 10.0. The molecule has 1 aliphatic rings. The highest BCUT2D eigenvalue weighted by atomic mass is 32.1. The molecule has 1 aromatic heterocycles. The molecular formula is C13H14N4OS. The van der Waals surface area contributed by atoms with Crippen LogP contribution in [0.15, 0.2) is 0 Å². The molecule has 2 heterocycles. The van der Waals surface area contributed by atoms with Crippen molar-refractivity contribution in [1.29, 1.82) is 10.5 Å². The monoisotopic (exact) mass is 274 g/mol. The summed E-state index contributed by atoms with van der Waals surface area (Å²) in [5.74, 6) is 0.714. The number of nitriles is 2. The van der Waals surface area contributed by atoms with E-state index in [0.717, 1.165) is 18.7 Å². The van der Waals surface area contributed by atoms with E-state index in [9.17, 15) is 10.5 Å². The third-order valence-electron chi connectivity index (χ3n) is 3.20. The maximum absolute atomic E-state index is 9.40. The van der Waals surface area contributed by atoms with E-state index < -0.39 is 0 Å². The van der Waals surface area contributed by atoms with Gasteiger partial charge in [-0.25, -0.2) is 0 Å². The SMILES string of the molecule is CCc1c(C#N)c(N2CCOCC2)[nH]c(=S)c1C#N. The van der Waals surface area contributed by atoms with Crippen LogP contribution in [0.3, 0.4) is 0 Å². The van der Waals surface area contributed by atoms with Crippen LogP contribution in [0.25, 0.3) is 0 Å². The van der Waals surface area contributed by atoms with E-state index >= 15 is 0 Å². The number of rotatable bonds is 2. The van der Waals surface area contributed by atoms with E-state index in [1.807, 2.05) is 6.92 Å². The Morgan fingerprint density at radius 3 is 2.42 bits per heavy atom. The second kappa shape index (κ2) is 5.83. The fourth-order valence-electron chi connectivity index (χ4n) is 2.25. The number of hydrogen-bond donors (Lipinski definition) is 1. The Bertz CT molecular complexity index is 617. The molecule has 0 unspecified atom stereocenters. The van der Waals surface area contributed by atoms with Crippen LogP contribution in [0.4, 0.5) is 5.82 Å². The predicted octanol–water partition coefficient (Wildman–Crippen LogP) is 1.89. The summed E-state index contributed by atoms with van der Waals surface area (Å²) in [6.07, 6.45) is 0.613. The van der Waals surface area contributed by atoms with Crippen LogP contribution < -0.4 is 4.90 Å². The van der Waals surface area contributed by atoms with E-state index in [1.54, 1.807) is 0 Å². The molecule has 0 spiro atoms. The maximum atomic E-state index is 9.40. The fraction of sp³-hybridized carbons (Fsp3) is 0.462. The molecule has 1 saturated heterocycles. The molecule has 0 saturated carbocycles. The van der Waals surface area contributed by atoms with Crippen molar-refractivity contribution in [1.82, 2.24) is 4.98 Å². The van der Waals surface area contributed by atoms with Crippen LogP contribution in [0.1, 0.15) is 23.6 Å². The molecule has 0 atom stereocenters. The maximum Gasteiger partial charge on any atom is 0.125 e. The molecule has 1 N–H and O–H groups in total. The first-order chi connectivity index (χ1) is 9.22. The standard InChI is InChI=1S/C13H14N4OS/c1-2-9-10(7-14)12(16-13(19)11(9)8-15)17-3-5-18-6-4-17/h2-6H2,1H3,(H,16,19). The van der Waals surface area contributed by atoms with E-state index in [4.69, 9.17) is 17.0 Å². The first kappa shape index (κ1) is 13.5. The van der Waals surface area contributed by atoms with Crippen LogP contribution in [0, 0.1) is 27.3 Å². The summed E-state index contributed by atoms with van der Waals surface area (Å²) in [5, 5.41) is 18.6. The van der Waals surface area contributed by atoms with E-state index in [-0.39, 0.29) is 0 Å². The molecule has 1 aromatic rings. The molecule has 0 aromatic carbocycles. The van der Waals surface area contributed by atoms with Gasteiger partial charge >= 0.3 is 0 Å². The summed E-state index contributed by atoms with van der Waals surface area (Å²) in [4.78, 5) is 5.08. The Labute approximate surface area is 117 Å². The van der Waals surface area contributed by atoms with Gasteiger partial charge in [-0.15, -0.1) is 0 Å². The van der Waals surface area contributed by atoms with Crippen LogP contribution >= 0.6 is 12.2 Å². The summed E-state index contributed by atoms with van der Waals surface area (Å²) in [5.41, 5.74) is 1.66. The zero-order valence-corrected chi connectivity index (χ0v) is 11.5. The van der Waals surface area contributed by atoms with Gasteiger partial charge in [0.25, 0.3) is 0 Å². The average molecular weight is 274 g/mol. The van der Waals surface area contributed by atoms with Crippen molar-refractivity contribution < 1.29 is 4.74 Å². The molecule has 6 heteroatoms. The molecule has 98 valence electrons. The van der Waals surface area contributed by atoms with E-state index in [0.29, 0.717) is 41.2 Å². The molecule has 1 fully saturated rings. The Kier molecular flexibility index (Phi) is 4.16. The molecule has 0 radical (unpaired) electrons. The number of hydrogen-bond acceptors (Lipinski definition) is 5. The van der Waals surface area contributed by atoms with Crippen LogP contribution in [-0.2, 0) is 11.2 Å². The van der Waals surface area contributed by atoms with Crippen molar-refractivity contribution in [2.75, 3.05) is 31.2 Å². The second-order valence-electron chi connectivity index (χ2n) is 4.21. The van der Waals surface area contributed by atoms with Crippen molar-refractivity contribution in [2.45, 2.75) is 13.3 Å². The summed E-state index contributed by atoms with van der Waals surface area (Å²) in [7, 11) is 0. The van der Waals surface area contributed by atoms with Crippen LogP contribution in [0.2, 0.25) is 0 Å². The highest BCUT2D eigenvalue weighted by Crippen LogP contribution is 2.25. The zero-order valence-electron chi connectivity index (χ0n) is 10.7. The minimum Gasteiger partial charge on any atom is -0.378 e. The summed E-state index contributed by atoms with van der Waals surface area (Å²) < 4.78 is 5.71. The average Bonchev–Trinajstić information content (AvgIpc) is 2.46. The van der Waals surface area contributed by atoms with Gasteiger partial charge in [0.1, 0.15) is 22.6 Å². The van der Waals surface area contributed by atoms with Gasteiger partial charge in [0.2, 0.25) is 0 Å². The van der Waals surface area contributed by atoms with Gasteiger partial charge in [0, 0.05) is 13.1 Å². The topological polar surface area (TPSA) is 75.8 Å². The van der Waals surface area contributed by atoms with Gasteiger partial charge in [-0.2, -0.15) is 10.5 Å². The molecule has 1 aliphatic heterocycles. The highest BCUT2D eigenvalue weighted by Gasteiger charge is 2.20. The predicted molar refractivity (Wildman–Crippen MR) is 73.5 cm³/mol. The lowest BCUT2D eigenvalue weighted by Gasteiger charge is -2.29. The molecule has 0 aliphatic carbocycles. The normalized spacial score (nSPS) is 14.8. The highest BCUT2D eigenvalue weighted by molar-refractivity contribution is 7.71. The molecule has 2 rings (SSSR count). The first-order valence-corrected chi connectivity index (χ1v) is 6.55. The molecule has 5 nitrogen and oxygen atoms in total. The smallest absolute Gasteiger partial charge is 0.125 e. The number of pyridine rings is 1. The quantitative estimate of drug-likeness (QED) is 0.833. The van der Waals surface area contributed by atoms with Gasteiger partial charge in [-0.1, -0.05) is 19.1 Å². The van der Waals surface area contributed by atoms with E-state index in [1.165, 1.54) is 0 Å². The van der Waals surface area contributed by atoms with Gasteiger partial charge in [0.15, 0.2) is 0 Å². The molecule has 0 amide bonds. The number of aromatic amines is 1. The van der Waals surface area contributed by atoms with E-state index in [2.05, 4.69) is 22.0 Å². The van der Waals surface area contributed by atoms with Crippen LogP contribution in [0.5, 0.6) is 0 Å². The Morgan fingerprint density at radius 2 is 1.89 bits per heavy atom. The van der Waals surface area contributed by atoms with Crippen molar-refractivity contribution in [2.24, 2.45) is 0 Å². The summed E-state index contributed by atoms with van der Waals surface area (Å²) >= 11 is 5.22. The van der Waals surface area contributed by atoms with Gasteiger partial charge in [0.05, 0.1) is 24.3 Å². The Hall–Kier alpha value is -1.89. The Balaban J connectivity index is 2.62. The molecular weight excluding hydrogens is 260 g/mol. The number of H-pyrrole nitrogens is 1. The number of aromatic nitrogens is 1. The minimum absolute atomic E-state index is 0.403. The second-order valence-corrected chi connectivity index (χ2v) is 4.62. The van der Waals surface area contributed by atoms with Gasteiger partial charge < -0.3 is 14.6 Å². The number of nitrogens with zero attached hydrogens (tertiary/aromatic N) is 3. The van der Waals surface area contributed by atoms with Crippen molar-refractivity contribution >= 4 is 18.0 Å². The number of nitrogens with one attached hydrogen (secondary N) is 1. The third kappa shape index (κ3) is 2.46. The van der Waals surface area contributed by atoms with Crippen molar-refractivity contribution in [3.63, 3.8) is 0 Å². The van der Waals surface area contributed by atoms with Gasteiger partial charge in [-0.3, -0.25) is 0 Å². The molecule has 0 bridgehead atoms. The summed E-state index contributed by atoms with van der Waals surface area (Å²) in [6.45, 7) is 4.62.